The lowest BCUT2D eigenvalue weighted by Gasteiger charge is -2.14. The molecule has 0 heterocycles. The van der Waals surface area contributed by atoms with Crippen LogP contribution in [0.3, 0.4) is 0 Å². The number of esters is 1. The molecule has 0 aliphatic rings. The molecule has 0 amide bonds. The zero-order valence-corrected chi connectivity index (χ0v) is 9.10. The van der Waals surface area contributed by atoms with Crippen LogP contribution in [0, 0.1) is 0 Å². The van der Waals surface area contributed by atoms with Gasteiger partial charge in [-0.3, -0.25) is 4.79 Å². The van der Waals surface area contributed by atoms with Crippen molar-refractivity contribution < 1.29 is 14.3 Å². The van der Waals surface area contributed by atoms with Gasteiger partial charge < -0.3 is 9.47 Å². The van der Waals surface area contributed by atoms with Gasteiger partial charge in [0.2, 0.25) is 0 Å². The van der Waals surface area contributed by atoms with Crippen molar-refractivity contribution in [3.05, 3.63) is 35.9 Å². The summed E-state index contributed by atoms with van der Waals surface area (Å²) in [7, 11) is 1.62. The van der Waals surface area contributed by atoms with Gasteiger partial charge in [0.05, 0.1) is 6.10 Å². The molecule has 15 heavy (non-hydrogen) atoms. The Morgan fingerprint density at radius 1 is 1.33 bits per heavy atom. The normalized spacial score (nSPS) is 12.1. The van der Waals surface area contributed by atoms with Crippen molar-refractivity contribution in [1.82, 2.24) is 0 Å². The van der Waals surface area contributed by atoms with Crippen LogP contribution in [0.5, 0.6) is 0 Å². The molecular weight excluding hydrogens is 192 g/mol. The second-order valence-corrected chi connectivity index (χ2v) is 3.35. The summed E-state index contributed by atoms with van der Waals surface area (Å²) in [6, 6.07) is 9.98. The van der Waals surface area contributed by atoms with Crippen molar-refractivity contribution in [3.63, 3.8) is 0 Å². The van der Waals surface area contributed by atoms with Gasteiger partial charge in [-0.2, -0.15) is 0 Å². The Morgan fingerprint density at radius 2 is 2.00 bits per heavy atom. The summed E-state index contributed by atoms with van der Waals surface area (Å²) in [5, 5.41) is 0. The van der Waals surface area contributed by atoms with Gasteiger partial charge in [0.15, 0.2) is 0 Å². The van der Waals surface area contributed by atoms with Crippen molar-refractivity contribution in [1.29, 1.82) is 0 Å². The summed E-state index contributed by atoms with van der Waals surface area (Å²) in [5.41, 5.74) is 1.18. The van der Waals surface area contributed by atoms with Crippen molar-refractivity contribution >= 4 is 5.97 Å². The molecule has 0 aliphatic heterocycles. The molecule has 1 atom stereocenters. The monoisotopic (exact) mass is 208 g/mol. The second kappa shape index (κ2) is 6.19. The predicted octanol–water partition coefficient (Wildman–Crippen LogP) is 1.81. The fourth-order valence-corrected chi connectivity index (χ4v) is 1.30. The topological polar surface area (TPSA) is 35.5 Å². The highest BCUT2D eigenvalue weighted by Gasteiger charge is 2.09. The third-order valence-corrected chi connectivity index (χ3v) is 2.11. The average molecular weight is 208 g/mol. The maximum absolute atomic E-state index is 10.6. The molecule has 0 fully saturated rings. The standard InChI is InChI=1S/C12H16O3/c1-10(13)15-9-12(14-2)8-11-6-4-3-5-7-11/h3-7,12H,8-9H2,1-2H3. The van der Waals surface area contributed by atoms with Crippen LogP contribution in [-0.2, 0) is 20.7 Å². The lowest BCUT2D eigenvalue weighted by atomic mass is 10.1. The number of benzene rings is 1. The summed E-state index contributed by atoms with van der Waals surface area (Å²) in [6.45, 7) is 1.70. The number of ether oxygens (including phenoxy) is 2. The van der Waals surface area contributed by atoms with Gasteiger partial charge in [-0.05, 0) is 5.56 Å². The summed E-state index contributed by atoms with van der Waals surface area (Å²) < 4.78 is 10.1. The summed E-state index contributed by atoms with van der Waals surface area (Å²) in [4.78, 5) is 10.6. The maximum Gasteiger partial charge on any atom is 0.302 e. The highest BCUT2D eigenvalue weighted by atomic mass is 16.6. The number of methoxy groups -OCH3 is 1. The molecule has 0 radical (unpaired) electrons. The van der Waals surface area contributed by atoms with E-state index in [9.17, 15) is 4.79 Å². The molecule has 0 bridgehead atoms. The highest BCUT2D eigenvalue weighted by molar-refractivity contribution is 5.65. The molecule has 1 aromatic carbocycles. The summed E-state index contributed by atoms with van der Waals surface area (Å²) >= 11 is 0. The van der Waals surface area contributed by atoms with E-state index in [4.69, 9.17) is 9.47 Å². The molecule has 0 aliphatic carbocycles. The predicted molar refractivity (Wildman–Crippen MR) is 57.6 cm³/mol. The third-order valence-electron chi connectivity index (χ3n) is 2.11. The summed E-state index contributed by atoms with van der Waals surface area (Å²) in [5.74, 6) is -0.273. The molecule has 82 valence electrons. The van der Waals surface area contributed by atoms with Gasteiger partial charge in [0, 0.05) is 20.5 Å². The van der Waals surface area contributed by atoms with E-state index in [1.165, 1.54) is 12.5 Å². The van der Waals surface area contributed by atoms with E-state index in [0.29, 0.717) is 6.61 Å². The van der Waals surface area contributed by atoms with Crippen LogP contribution in [0.4, 0.5) is 0 Å². The fourth-order valence-electron chi connectivity index (χ4n) is 1.30. The first-order valence-corrected chi connectivity index (χ1v) is 4.92. The minimum absolute atomic E-state index is 0.0729. The molecule has 1 rings (SSSR count). The van der Waals surface area contributed by atoms with Crippen LogP contribution < -0.4 is 0 Å². The number of carbonyl (C=O) groups is 1. The van der Waals surface area contributed by atoms with Crippen LogP contribution in [0.2, 0.25) is 0 Å². The molecule has 0 saturated carbocycles. The Morgan fingerprint density at radius 3 is 2.53 bits per heavy atom. The van der Waals surface area contributed by atoms with E-state index in [1.54, 1.807) is 7.11 Å². The van der Waals surface area contributed by atoms with E-state index >= 15 is 0 Å². The Hall–Kier alpha value is -1.35. The fraction of sp³-hybridized carbons (Fsp3) is 0.417. The van der Waals surface area contributed by atoms with E-state index in [2.05, 4.69) is 0 Å². The van der Waals surface area contributed by atoms with Crippen molar-refractivity contribution in [2.45, 2.75) is 19.4 Å². The van der Waals surface area contributed by atoms with Crippen LogP contribution in [0.15, 0.2) is 30.3 Å². The lowest BCUT2D eigenvalue weighted by molar-refractivity contribution is -0.144. The zero-order chi connectivity index (χ0) is 11.1. The molecule has 0 N–H and O–H groups in total. The van der Waals surface area contributed by atoms with Crippen LogP contribution in [0.1, 0.15) is 12.5 Å². The molecular formula is C12H16O3. The Balaban J connectivity index is 2.43. The van der Waals surface area contributed by atoms with Gasteiger partial charge in [-0.15, -0.1) is 0 Å². The first kappa shape index (κ1) is 11.7. The summed E-state index contributed by atoms with van der Waals surface area (Å²) in [6.07, 6.45) is 0.682. The first-order valence-electron chi connectivity index (χ1n) is 4.92. The Bertz CT molecular complexity index is 295. The average Bonchev–Trinajstić information content (AvgIpc) is 2.25. The molecule has 0 aromatic heterocycles. The number of hydrogen-bond acceptors (Lipinski definition) is 3. The van der Waals surface area contributed by atoms with Crippen molar-refractivity contribution in [2.75, 3.05) is 13.7 Å². The molecule has 1 aromatic rings. The molecule has 0 saturated heterocycles. The minimum atomic E-state index is -0.273. The minimum Gasteiger partial charge on any atom is -0.463 e. The van der Waals surface area contributed by atoms with E-state index in [1.807, 2.05) is 30.3 Å². The van der Waals surface area contributed by atoms with E-state index in [-0.39, 0.29) is 12.1 Å². The Kier molecular flexibility index (Phi) is 4.84. The van der Waals surface area contributed by atoms with Crippen LogP contribution in [0.25, 0.3) is 0 Å². The molecule has 3 nitrogen and oxygen atoms in total. The van der Waals surface area contributed by atoms with Gasteiger partial charge in [0.25, 0.3) is 0 Å². The van der Waals surface area contributed by atoms with Crippen molar-refractivity contribution in [3.8, 4) is 0 Å². The number of carbonyl (C=O) groups excluding carboxylic acids is 1. The molecule has 1 unspecified atom stereocenters. The Labute approximate surface area is 90.0 Å². The van der Waals surface area contributed by atoms with Gasteiger partial charge in [0.1, 0.15) is 6.61 Å². The number of hydrogen-bond donors (Lipinski definition) is 0. The second-order valence-electron chi connectivity index (χ2n) is 3.35. The van der Waals surface area contributed by atoms with Gasteiger partial charge in [-0.1, -0.05) is 30.3 Å². The molecule has 3 heteroatoms. The van der Waals surface area contributed by atoms with Crippen LogP contribution >= 0.6 is 0 Å². The van der Waals surface area contributed by atoms with E-state index < -0.39 is 0 Å². The van der Waals surface area contributed by atoms with Gasteiger partial charge >= 0.3 is 5.97 Å². The largest absolute Gasteiger partial charge is 0.463 e. The SMILES string of the molecule is COC(COC(C)=O)Cc1ccccc1. The lowest BCUT2D eigenvalue weighted by Crippen LogP contribution is -2.22. The smallest absolute Gasteiger partial charge is 0.302 e. The van der Waals surface area contributed by atoms with E-state index in [0.717, 1.165) is 6.42 Å². The van der Waals surface area contributed by atoms with Crippen LogP contribution in [-0.4, -0.2) is 25.8 Å². The van der Waals surface area contributed by atoms with Crippen molar-refractivity contribution in [2.24, 2.45) is 0 Å². The zero-order valence-electron chi connectivity index (χ0n) is 9.10. The third kappa shape index (κ3) is 4.61. The first-order chi connectivity index (χ1) is 7.22. The van der Waals surface area contributed by atoms with Gasteiger partial charge in [-0.25, -0.2) is 0 Å². The maximum atomic E-state index is 10.6. The highest BCUT2D eigenvalue weighted by Crippen LogP contribution is 2.05. The molecule has 0 spiro atoms. The quantitative estimate of drug-likeness (QED) is 0.692. The number of rotatable bonds is 5.